The lowest BCUT2D eigenvalue weighted by Gasteiger charge is -2.31. The first-order chi connectivity index (χ1) is 21.4. The molecule has 8 rings (SSSR count). The molecule has 4 aromatic rings. The van der Waals surface area contributed by atoms with E-state index in [9.17, 15) is 0 Å². The number of nitrogens with one attached hydrogen (secondary N) is 4. The number of hydrogen-bond donors (Lipinski definition) is 4. The van der Waals surface area contributed by atoms with Crippen LogP contribution in [0.15, 0.2) is 12.2 Å². The summed E-state index contributed by atoms with van der Waals surface area (Å²) in [5, 5.41) is 5.06. The quantitative estimate of drug-likeness (QED) is 0.148. The second-order valence-electron chi connectivity index (χ2n) is 13.5. The van der Waals surface area contributed by atoms with Gasteiger partial charge in [-0.2, -0.15) is 0 Å². The third kappa shape index (κ3) is 4.73. The van der Waals surface area contributed by atoms with E-state index in [0.717, 1.165) is 25.7 Å². The summed E-state index contributed by atoms with van der Waals surface area (Å²) < 4.78 is 0. The molecular formula is C40H50N4. The SMILES string of the molecule is CCCCc1c2[nH]c(c1C)C=c1[nH]c(c3c1C1C=CC3CC1)=Cc1[nH]c(c(CCCC)c1C)C=c1[nH]c(c(CC)c1CC)=C2. The van der Waals surface area contributed by atoms with E-state index in [2.05, 4.69) is 97.9 Å². The zero-order valence-electron chi connectivity index (χ0n) is 27.7. The molecule has 2 atom stereocenters. The van der Waals surface area contributed by atoms with E-state index < -0.39 is 0 Å². The summed E-state index contributed by atoms with van der Waals surface area (Å²) in [6.07, 6.45) is 26.1. The number of rotatable bonds is 8. The Morgan fingerprint density at radius 3 is 1.32 bits per heavy atom. The standard InChI is InChI=1S/C40H50N4/c1-7-11-13-29-23(5)31-19-37-39-25-15-17-26(18-16-25)40(39)38(44-37)20-32-24(6)30(14-12-8-2)36(42-32)22-34-28(10-4)27(9-3)33(43-34)21-35(29)41-31/h15,17,19-22,25-26,41-44H,7-14,16,18H2,1-6H3. The Hall–Kier alpha value is -3.66. The van der Waals surface area contributed by atoms with Gasteiger partial charge in [-0.1, -0.05) is 52.7 Å². The molecule has 5 heterocycles. The fourth-order valence-corrected chi connectivity index (χ4v) is 8.39. The number of aromatic amines is 4. The van der Waals surface area contributed by atoms with Crippen molar-refractivity contribution in [3.8, 4) is 0 Å². The minimum absolute atomic E-state index is 0.493. The molecule has 0 spiro atoms. The first-order valence-corrected chi connectivity index (χ1v) is 17.4. The van der Waals surface area contributed by atoms with Gasteiger partial charge in [-0.15, -0.1) is 0 Å². The van der Waals surface area contributed by atoms with Crippen LogP contribution in [-0.4, -0.2) is 19.9 Å². The fourth-order valence-electron chi connectivity index (χ4n) is 8.39. The number of aromatic nitrogens is 4. The molecule has 0 aromatic carbocycles. The van der Waals surface area contributed by atoms with Crippen molar-refractivity contribution in [2.45, 2.75) is 118 Å². The summed E-state index contributed by atoms with van der Waals surface area (Å²) in [5.41, 5.74) is 16.6. The van der Waals surface area contributed by atoms with E-state index in [1.165, 1.54) is 127 Å². The Morgan fingerprint density at radius 2 is 0.932 bits per heavy atom. The van der Waals surface area contributed by atoms with Crippen LogP contribution in [0, 0.1) is 13.8 Å². The van der Waals surface area contributed by atoms with Crippen molar-refractivity contribution >= 4 is 24.3 Å². The second kappa shape index (κ2) is 11.7. The van der Waals surface area contributed by atoms with Gasteiger partial charge < -0.3 is 19.9 Å². The maximum absolute atomic E-state index is 3.97. The van der Waals surface area contributed by atoms with Gasteiger partial charge >= 0.3 is 0 Å². The van der Waals surface area contributed by atoms with Gasteiger partial charge in [0.2, 0.25) is 0 Å². The lowest BCUT2D eigenvalue weighted by Crippen LogP contribution is -2.23. The molecule has 4 N–H and O–H groups in total. The molecule has 4 nitrogen and oxygen atoms in total. The van der Waals surface area contributed by atoms with Crippen LogP contribution in [0.5, 0.6) is 0 Å². The van der Waals surface area contributed by atoms with Crippen molar-refractivity contribution < 1.29 is 0 Å². The number of hydrogen-bond acceptors (Lipinski definition) is 0. The molecule has 1 aliphatic heterocycles. The second-order valence-corrected chi connectivity index (χ2v) is 13.5. The number of allylic oxidation sites excluding steroid dienone is 2. The fraction of sp³-hybridized carbons (Fsp3) is 0.450. The molecule has 3 aliphatic carbocycles. The lowest BCUT2D eigenvalue weighted by molar-refractivity contribution is 0.553. The van der Waals surface area contributed by atoms with Crippen LogP contribution in [0.2, 0.25) is 0 Å². The molecule has 4 aromatic heterocycles. The molecule has 0 saturated heterocycles. The molecule has 4 aliphatic rings. The molecule has 0 radical (unpaired) electrons. The zero-order valence-corrected chi connectivity index (χ0v) is 27.7. The first-order valence-electron chi connectivity index (χ1n) is 17.4. The molecule has 0 saturated carbocycles. The van der Waals surface area contributed by atoms with Crippen LogP contribution < -0.4 is 21.4 Å². The zero-order chi connectivity index (χ0) is 30.5. The van der Waals surface area contributed by atoms with Crippen LogP contribution in [0.1, 0.15) is 145 Å². The van der Waals surface area contributed by atoms with E-state index in [4.69, 9.17) is 0 Å². The Balaban J connectivity index is 1.59. The van der Waals surface area contributed by atoms with Crippen LogP contribution in [-0.2, 0) is 25.7 Å². The molecule has 10 bridgehead atoms. The summed E-state index contributed by atoms with van der Waals surface area (Å²) in [5.74, 6) is 0.987. The van der Waals surface area contributed by atoms with E-state index >= 15 is 0 Å². The van der Waals surface area contributed by atoms with Crippen molar-refractivity contribution in [2.75, 3.05) is 0 Å². The van der Waals surface area contributed by atoms with Crippen molar-refractivity contribution in [3.05, 3.63) is 101 Å². The van der Waals surface area contributed by atoms with Crippen molar-refractivity contribution in [2.24, 2.45) is 0 Å². The molecule has 4 heteroatoms. The minimum Gasteiger partial charge on any atom is -0.355 e. The highest BCUT2D eigenvalue weighted by molar-refractivity contribution is 5.66. The Bertz CT molecular complexity index is 1860. The van der Waals surface area contributed by atoms with Gasteiger partial charge in [0.1, 0.15) is 0 Å². The number of unbranched alkanes of at least 4 members (excludes halogenated alkanes) is 2. The summed E-state index contributed by atoms with van der Waals surface area (Å²) in [6.45, 7) is 13.8. The smallest absolute Gasteiger partial charge is 0.0447 e. The van der Waals surface area contributed by atoms with Crippen LogP contribution in [0.4, 0.5) is 0 Å². The summed E-state index contributed by atoms with van der Waals surface area (Å²) >= 11 is 0. The van der Waals surface area contributed by atoms with Gasteiger partial charge in [0.05, 0.1) is 0 Å². The Morgan fingerprint density at radius 1 is 0.523 bits per heavy atom. The average molecular weight is 587 g/mol. The Labute approximate surface area is 262 Å². The van der Waals surface area contributed by atoms with Gasteiger partial charge in [0.15, 0.2) is 0 Å². The maximum atomic E-state index is 3.97. The van der Waals surface area contributed by atoms with Crippen LogP contribution >= 0.6 is 0 Å². The minimum atomic E-state index is 0.493. The molecule has 230 valence electrons. The van der Waals surface area contributed by atoms with Crippen LogP contribution in [0.3, 0.4) is 0 Å². The molecule has 0 amide bonds. The Kier molecular flexibility index (Phi) is 7.72. The van der Waals surface area contributed by atoms with Gasteiger partial charge in [0.25, 0.3) is 0 Å². The topological polar surface area (TPSA) is 63.2 Å². The summed E-state index contributed by atoms with van der Waals surface area (Å²) in [6, 6.07) is 0. The first kappa shape index (κ1) is 29.1. The van der Waals surface area contributed by atoms with Gasteiger partial charge in [-0.05, 0) is 134 Å². The van der Waals surface area contributed by atoms with E-state index in [-0.39, 0.29) is 0 Å². The predicted octanol–water partition coefficient (Wildman–Crippen LogP) is 6.59. The monoisotopic (exact) mass is 586 g/mol. The molecule has 44 heavy (non-hydrogen) atoms. The lowest BCUT2D eigenvalue weighted by atomic mass is 9.72. The number of fused-ring (bicyclic) bond motifs is 9. The van der Waals surface area contributed by atoms with Gasteiger partial charge in [0, 0.05) is 56.0 Å². The van der Waals surface area contributed by atoms with E-state index in [1.807, 2.05) is 0 Å². The average Bonchev–Trinajstić information content (AvgIpc) is 3.74. The van der Waals surface area contributed by atoms with Crippen molar-refractivity contribution in [3.63, 3.8) is 0 Å². The van der Waals surface area contributed by atoms with Gasteiger partial charge in [-0.3, -0.25) is 0 Å². The molecular weight excluding hydrogens is 536 g/mol. The highest BCUT2D eigenvalue weighted by atomic mass is 14.8. The largest absolute Gasteiger partial charge is 0.355 e. The summed E-state index contributed by atoms with van der Waals surface area (Å²) in [4.78, 5) is 15.7. The van der Waals surface area contributed by atoms with E-state index in [0.29, 0.717) is 11.8 Å². The highest BCUT2D eigenvalue weighted by Crippen LogP contribution is 2.42. The molecule has 2 unspecified atom stereocenters. The highest BCUT2D eigenvalue weighted by Gasteiger charge is 2.32. The van der Waals surface area contributed by atoms with E-state index in [1.54, 1.807) is 0 Å². The normalized spacial score (nSPS) is 18.0. The van der Waals surface area contributed by atoms with Gasteiger partial charge in [-0.25, -0.2) is 0 Å². The maximum Gasteiger partial charge on any atom is 0.0447 e. The van der Waals surface area contributed by atoms with Crippen LogP contribution in [0.25, 0.3) is 24.3 Å². The third-order valence-electron chi connectivity index (χ3n) is 10.9. The van der Waals surface area contributed by atoms with Crippen molar-refractivity contribution in [1.82, 2.24) is 19.9 Å². The summed E-state index contributed by atoms with van der Waals surface area (Å²) in [7, 11) is 0. The van der Waals surface area contributed by atoms with Crippen molar-refractivity contribution in [1.29, 1.82) is 0 Å². The predicted molar refractivity (Wildman–Crippen MR) is 185 cm³/mol. The third-order valence-corrected chi connectivity index (χ3v) is 10.9. The number of H-pyrrole nitrogens is 4. The molecule has 0 fully saturated rings.